The van der Waals surface area contributed by atoms with Gasteiger partial charge in [-0.3, -0.25) is 10.1 Å². The number of piperidine rings is 1. The molecule has 136 valence electrons. The molecule has 1 atom stereocenters. The van der Waals surface area contributed by atoms with Gasteiger partial charge in [0.25, 0.3) is 0 Å². The maximum Gasteiger partial charge on any atom is 0.310 e. The number of benzene rings is 1. The number of sulfonamides is 1. The zero-order chi connectivity index (χ0) is 17.2. The van der Waals surface area contributed by atoms with Crippen LogP contribution in [0.5, 0.6) is 5.75 Å². The van der Waals surface area contributed by atoms with Crippen LogP contribution < -0.4 is 10.5 Å². The van der Waals surface area contributed by atoms with Crippen molar-refractivity contribution in [1.82, 2.24) is 4.31 Å². The lowest BCUT2D eigenvalue weighted by Crippen LogP contribution is -2.42. The zero-order valence-electron chi connectivity index (χ0n) is 13.5. The number of nitrogens with two attached hydrogens (primary N) is 1. The van der Waals surface area contributed by atoms with Crippen LogP contribution in [0.1, 0.15) is 19.8 Å². The number of nitro groups is 1. The number of halogens is 1. The highest BCUT2D eigenvalue weighted by molar-refractivity contribution is 7.89. The van der Waals surface area contributed by atoms with Gasteiger partial charge in [0.2, 0.25) is 10.0 Å². The summed E-state index contributed by atoms with van der Waals surface area (Å²) in [6.45, 7) is 2.72. The molecule has 0 aromatic heterocycles. The number of nitro benzene ring substituents is 1. The van der Waals surface area contributed by atoms with Gasteiger partial charge in [-0.1, -0.05) is 0 Å². The molecule has 1 saturated heterocycles. The van der Waals surface area contributed by atoms with E-state index in [1.54, 1.807) is 0 Å². The van der Waals surface area contributed by atoms with Crippen LogP contribution in [0.15, 0.2) is 23.1 Å². The Morgan fingerprint density at radius 3 is 2.42 bits per heavy atom. The smallest absolute Gasteiger partial charge is 0.310 e. The van der Waals surface area contributed by atoms with Gasteiger partial charge in [-0.25, -0.2) is 8.42 Å². The van der Waals surface area contributed by atoms with Gasteiger partial charge in [-0.05, 0) is 31.7 Å². The van der Waals surface area contributed by atoms with E-state index in [4.69, 9.17) is 10.5 Å². The minimum absolute atomic E-state index is 0. The quantitative estimate of drug-likeness (QED) is 0.615. The molecule has 0 saturated carbocycles. The van der Waals surface area contributed by atoms with Gasteiger partial charge in [0.15, 0.2) is 5.75 Å². The Labute approximate surface area is 147 Å². The third-order valence-corrected chi connectivity index (χ3v) is 6.12. The SMILES string of the molecule is COc1cc(S(=O)(=O)N2CCC(C(C)N)CC2)ccc1[N+](=O)[O-].Cl. The maximum atomic E-state index is 12.7. The van der Waals surface area contributed by atoms with Crippen LogP contribution >= 0.6 is 12.4 Å². The first-order valence-electron chi connectivity index (χ1n) is 7.35. The number of hydrogen-bond acceptors (Lipinski definition) is 6. The summed E-state index contributed by atoms with van der Waals surface area (Å²) in [7, 11) is -2.43. The molecule has 0 amide bonds. The second-order valence-electron chi connectivity index (χ2n) is 5.69. The molecule has 1 aliphatic heterocycles. The minimum Gasteiger partial charge on any atom is -0.490 e. The molecule has 8 nitrogen and oxygen atoms in total. The van der Waals surface area contributed by atoms with Crippen molar-refractivity contribution in [2.45, 2.75) is 30.7 Å². The standard InChI is InChI=1S/C14H21N3O5S.ClH/c1-10(15)11-5-7-16(8-6-11)23(20,21)12-3-4-13(17(18)19)14(9-12)22-2;/h3-4,9-11H,5-8,15H2,1-2H3;1H. The maximum absolute atomic E-state index is 12.7. The first-order chi connectivity index (χ1) is 10.8. The lowest BCUT2D eigenvalue weighted by atomic mass is 9.92. The van der Waals surface area contributed by atoms with Gasteiger partial charge in [0, 0.05) is 31.3 Å². The molecule has 24 heavy (non-hydrogen) atoms. The lowest BCUT2D eigenvalue weighted by Gasteiger charge is -2.32. The van der Waals surface area contributed by atoms with Crippen molar-refractivity contribution in [1.29, 1.82) is 0 Å². The summed E-state index contributed by atoms with van der Waals surface area (Å²) < 4.78 is 31.7. The van der Waals surface area contributed by atoms with Crippen LogP contribution in [-0.2, 0) is 10.0 Å². The molecular weight excluding hydrogens is 358 g/mol. The van der Waals surface area contributed by atoms with Crippen LogP contribution in [0.2, 0.25) is 0 Å². The van der Waals surface area contributed by atoms with Gasteiger partial charge in [-0.15, -0.1) is 12.4 Å². The monoisotopic (exact) mass is 379 g/mol. The number of rotatable bonds is 5. The van der Waals surface area contributed by atoms with Crippen LogP contribution in [0.3, 0.4) is 0 Å². The molecule has 0 aliphatic carbocycles. The first-order valence-corrected chi connectivity index (χ1v) is 8.79. The van der Waals surface area contributed by atoms with Crippen LogP contribution in [0.4, 0.5) is 5.69 Å². The van der Waals surface area contributed by atoms with E-state index in [2.05, 4.69) is 0 Å². The Balaban J connectivity index is 0.00000288. The number of methoxy groups -OCH3 is 1. The summed E-state index contributed by atoms with van der Waals surface area (Å²) in [4.78, 5) is 10.3. The molecule has 0 bridgehead atoms. The van der Waals surface area contributed by atoms with Crippen molar-refractivity contribution in [3.63, 3.8) is 0 Å². The van der Waals surface area contributed by atoms with Crippen LogP contribution in [0.25, 0.3) is 0 Å². The van der Waals surface area contributed by atoms with Crippen molar-refractivity contribution in [3.8, 4) is 5.75 Å². The highest BCUT2D eigenvalue weighted by Crippen LogP contribution is 2.32. The van der Waals surface area contributed by atoms with Crippen molar-refractivity contribution < 1.29 is 18.1 Å². The highest BCUT2D eigenvalue weighted by atomic mass is 35.5. The minimum atomic E-state index is -3.70. The molecule has 10 heteroatoms. The van der Waals surface area contributed by atoms with E-state index in [0.717, 1.165) is 6.07 Å². The van der Waals surface area contributed by atoms with Crippen molar-refractivity contribution in [2.24, 2.45) is 11.7 Å². The average Bonchev–Trinajstić information content (AvgIpc) is 2.54. The number of ether oxygens (including phenoxy) is 1. The molecular formula is C14H22ClN3O5S. The zero-order valence-corrected chi connectivity index (χ0v) is 15.2. The van der Waals surface area contributed by atoms with E-state index in [-0.39, 0.29) is 34.8 Å². The normalized spacial score (nSPS) is 17.8. The fraction of sp³-hybridized carbons (Fsp3) is 0.571. The molecule has 1 aromatic carbocycles. The average molecular weight is 380 g/mol. The van der Waals surface area contributed by atoms with Gasteiger partial charge in [-0.2, -0.15) is 4.31 Å². The van der Waals surface area contributed by atoms with Crippen LogP contribution in [-0.4, -0.2) is 43.9 Å². The highest BCUT2D eigenvalue weighted by Gasteiger charge is 2.31. The molecule has 1 aromatic rings. The Kier molecular flexibility index (Phi) is 6.97. The largest absolute Gasteiger partial charge is 0.490 e. The summed E-state index contributed by atoms with van der Waals surface area (Å²) in [5.41, 5.74) is 5.61. The Morgan fingerprint density at radius 2 is 1.96 bits per heavy atom. The second kappa shape index (κ2) is 8.11. The topological polar surface area (TPSA) is 116 Å². The molecule has 0 radical (unpaired) electrons. The van der Waals surface area contributed by atoms with E-state index in [1.807, 2.05) is 6.92 Å². The number of hydrogen-bond donors (Lipinski definition) is 1. The first kappa shape index (κ1) is 20.6. The summed E-state index contributed by atoms with van der Waals surface area (Å²) >= 11 is 0. The summed E-state index contributed by atoms with van der Waals surface area (Å²) in [5, 5.41) is 10.9. The van der Waals surface area contributed by atoms with Crippen LogP contribution in [0, 0.1) is 16.0 Å². The molecule has 1 aliphatic rings. The van der Waals surface area contributed by atoms with E-state index in [1.165, 1.54) is 23.5 Å². The molecule has 2 rings (SSSR count). The van der Waals surface area contributed by atoms with Gasteiger partial charge >= 0.3 is 5.69 Å². The number of nitrogens with zero attached hydrogens (tertiary/aromatic N) is 2. The van der Waals surface area contributed by atoms with Gasteiger partial charge in [0.05, 0.1) is 16.9 Å². The molecule has 1 heterocycles. The van der Waals surface area contributed by atoms with E-state index < -0.39 is 14.9 Å². The van der Waals surface area contributed by atoms with E-state index >= 15 is 0 Å². The van der Waals surface area contributed by atoms with E-state index in [9.17, 15) is 18.5 Å². The summed E-state index contributed by atoms with van der Waals surface area (Å²) in [6.07, 6.45) is 1.42. The molecule has 1 unspecified atom stereocenters. The van der Waals surface area contributed by atoms with Crippen molar-refractivity contribution >= 4 is 28.1 Å². The van der Waals surface area contributed by atoms with Crippen molar-refractivity contribution in [3.05, 3.63) is 28.3 Å². The molecule has 2 N–H and O–H groups in total. The Bertz CT molecular complexity index is 688. The third kappa shape index (κ3) is 4.15. The third-order valence-electron chi connectivity index (χ3n) is 4.23. The summed E-state index contributed by atoms with van der Waals surface area (Å²) in [6, 6.07) is 3.64. The molecule has 0 spiro atoms. The van der Waals surface area contributed by atoms with Gasteiger partial charge < -0.3 is 10.5 Å². The predicted molar refractivity (Wildman–Crippen MR) is 92.0 cm³/mol. The predicted octanol–water partition coefficient (Wildman–Crippen LogP) is 1.77. The van der Waals surface area contributed by atoms with Gasteiger partial charge in [0.1, 0.15) is 0 Å². The molecule has 1 fully saturated rings. The lowest BCUT2D eigenvalue weighted by molar-refractivity contribution is -0.385. The Hall–Kier alpha value is -1.42. The fourth-order valence-corrected chi connectivity index (χ4v) is 4.25. The second-order valence-corrected chi connectivity index (χ2v) is 7.63. The Morgan fingerprint density at radius 1 is 1.38 bits per heavy atom. The summed E-state index contributed by atoms with van der Waals surface area (Å²) in [5.74, 6) is 0.245. The van der Waals surface area contributed by atoms with Crippen molar-refractivity contribution in [2.75, 3.05) is 20.2 Å². The fourth-order valence-electron chi connectivity index (χ4n) is 2.76. The van der Waals surface area contributed by atoms with E-state index in [0.29, 0.717) is 31.8 Å².